The zero-order chi connectivity index (χ0) is 18.0. The van der Waals surface area contributed by atoms with E-state index in [1.807, 2.05) is 81.6 Å². The minimum absolute atomic E-state index is 0.829. The Morgan fingerprint density at radius 1 is 0.500 bits per heavy atom. The first-order valence-electron chi connectivity index (χ1n) is 8.08. The Morgan fingerprint density at radius 3 is 1.05 bits per heavy atom. The summed E-state index contributed by atoms with van der Waals surface area (Å²) in [6, 6.07) is 0. The van der Waals surface area contributed by atoms with Crippen LogP contribution in [0.15, 0.2) is 24.8 Å². The van der Waals surface area contributed by atoms with Crippen LogP contribution in [0.25, 0.3) is 0 Å². The van der Waals surface area contributed by atoms with E-state index in [1.54, 1.807) is 12.4 Å². The van der Waals surface area contributed by atoms with Crippen LogP contribution in [-0.2, 0) is 0 Å². The molecule has 0 aliphatic rings. The van der Waals surface area contributed by atoms with Crippen LogP contribution in [0.5, 0.6) is 0 Å². The van der Waals surface area contributed by atoms with Crippen molar-refractivity contribution in [2.24, 2.45) is 0 Å². The molecule has 0 unspecified atom stereocenters. The Morgan fingerprint density at radius 2 is 0.818 bits per heavy atom. The third-order valence-electron chi connectivity index (χ3n) is 1.82. The Kier molecular flexibility index (Phi) is 21.9. The first kappa shape index (κ1) is 25.1. The predicted octanol–water partition coefficient (Wildman–Crippen LogP) is 5.27. The summed E-state index contributed by atoms with van der Waals surface area (Å²) in [7, 11) is 0. The maximum Gasteiger partial charge on any atom is 0.125 e. The Balaban J connectivity index is -0.000000246. The average Bonchev–Trinajstić information content (AvgIpc) is 2.59. The van der Waals surface area contributed by atoms with Crippen LogP contribution in [0, 0.1) is 27.7 Å². The summed E-state index contributed by atoms with van der Waals surface area (Å²) < 4.78 is 0. The quantitative estimate of drug-likeness (QED) is 0.665. The monoisotopic (exact) mass is 306 g/mol. The number of aryl methyl sites for hydroxylation is 4. The molecule has 0 fully saturated rings. The maximum atomic E-state index is 4.02. The summed E-state index contributed by atoms with van der Waals surface area (Å²) >= 11 is 0. The first-order chi connectivity index (χ1) is 10.6. The van der Waals surface area contributed by atoms with Crippen LogP contribution < -0.4 is 0 Å². The van der Waals surface area contributed by atoms with Gasteiger partial charge in [-0.25, -0.2) is 9.97 Å². The van der Waals surface area contributed by atoms with Crippen LogP contribution in [0.1, 0.15) is 64.3 Å². The van der Waals surface area contributed by atoms with E-state index in [9.17, 15) is 0 Å². The van der Waals surface area contributed by atoms with Gasteiger partial charge < -0.3 is 0 Å². The molecule has 0 aliphatic carbocycles. The van der Waals surface area contributed by atoms with Gasteiger partial charge in [-0.2, -0.15) is 0 Å². The van der Waals surface area contributed by atoms with E-state index >= 15 is 0 Å². The molecule has 4 nitrogen and oxygen atoms in total. The van der Waals surface area contributed by atoms with E-state index in [0.29, 0.717) is 0 Å². The molecule has 0 aromatic carbocycles. The van der Waals surface area contributed by atoms with Gasteiger partial charge >= 0.3 is 0 Å². The van der Waals surface area contributed by atoms with Crippen molar-refractivity contribution in [1.82, 2.24) is 19.9 Å². The van der Waals surface area contributed by atoms with E-state index in [-0.39, 0.29) is 0 Å². The van der Waals surface area contributed by atoms with Crippen LogP contribution in [0.3, 0.4) is 0 Å². The molecule has 0 saturated carbocycles. The van der Waals surface area contributed by atoms with Crippen LogP contribution in [0.4, 0.5) is 0 Å². The maximum absolute atomic E-state index is 4.02. The summed E-state index contributed by atoms with van der Waals surface area (Å²) in [5.41, 5.74) is 3.04. The van der Waals surface area contributed by atoms with E-state index < -0.39 is 0 Å². The van der Waals surface area contributed by atoms with Crippen LogP contribution >= 0.6 is 0 Å². The van der Waals surface area contributed by atoms with Gasteiger partial charge in [-0.05, 0) is 33.3 Å². The van der Waals surface area contributed by atoms with Gasteiger partial charge in [0, 0.05) is 24.8 Å². The summed E-state index contributed by atoms with van der Waals surface area (Å²) in [4.78, 5) is 16.0. The van der Waals surface area contributed by atoms with Crippen LogP contribution in [-0.4, -0.2) is 19.9 Å². The van der Waals surface area contributed by atoms with Crippen molar-refractivity contribution in [2.75, 3.05) is 0 Å². The molecule has 0 atom stereocenters. The number of hydrogen-bond donors (Lipinski definition) is 0. The lowest BCUT2D eigenvalue weighted by molar-refractivity contribution is 1.03. The van der Waals surface area contributed by atoms with Gasteiger partial charge in [0.15, 0.2) is 0 Å². The summed E-state index contributed by atoms with van der Waals surface area (Å²) in [6.45, 7) is 19.7. The standard InChI is InChI=1S/2C6H8N2.3C2H6/c1-5-3-8-6(2)4-7-5;1-5-3-7-6(2)8-4-5;3*1-2/h2*3-4H,1-2H3;3*1-2H3. The average molecular weight is 306 g/mol. The van der Waals surface area contributed by atoms with Crippen molar-refractivity contribution < 1.29 is 0 Å². The smallest absolute Gasteiger partial charge is 0.125 e. The molecule has 22 heavy (non-hydrogen) atoms. The molecule has 0 bridgehead atoms. The molecule has 2 heterocycles. The molecule has 2 aromatic heterocycles. The van der Waals surface area contributed by atoms with Crippen molar-refractivity contribution in [1.29, 1.82) is 0 Å². The highest BCUT2D eigenvalue weighted by molar-refractivity contribution is 5.00. The fourth-order valence-corrected chi connectivity index (χ4v) is 0.914. The van der Waals surface area contributed by atoms with Crippen molar-refractivity contribution in [3.8, 4) is 0 Å². The SMILES string of the molecule is CC.CC.CC.Cc1cnc(C)cn1.Cc1cnc(C)nc1. The molecular weight excluding hydrogens is 272 g/mol. The van der Waals surface area contributed by atoms with Crippen molar-refractivity contribution in [3.63, 3.8) is 0 Å². The second-order valence-electron chi connectivity index (χ2n) is 3.61. The van der Waals surface area contributed by atoms with Crippen LogP contribution in [0.2, 0.25) is 0 Å². The fraction of sp³-hybridized carbons (Fsp3) is 0.556. The van der Waals surface area contributed by atoms with Crippen molar-refractivity contribution in [3.05, 3.63) is 47.6 Å². The van der Waals surface area contributed by atoms with Crippen molar-refractivity contribution >= 4 is 0 Å². The van der Waals surface area contributed by atoms with Gasteiger partial charge in [0.1, 0.15) is 5.82 Å². The minimum atomic E-state index is 0.829. The Bertz CT molecular complexity index is 336. The number of aromatic nitrogens is 4. The van der Waals surface area contributed by atoms with Gasteiger partial charge in [0.25, 0.3) is 0 Å². The topological polar surface area (TPSA) is 51.6 Å². The summed E-state index contributed by atoms with van der Waals surface area (Å²) in [6.07, 6.45) is 7.13. The molecular formula is C18H34N4. The number of nitrogens with zero attached hydrogens (tertiary/aromatic N) is 4. The molecule has 0 saturated heterocycles. The highest BCUT2D eigenvalue weighted by Gasteiger charge is 1.83. The van der Waals surface area contributed by atoms with Gasteiger partial charge in [-0.1, -0.05) is 41.5 Å². The van der Waals surface area contributed by atoms with Gasteiger partial charge in [-0.3, -0.25) is 9.97 Å². The van der Waals surface area contributed by atoms with E-state index in [4.69, 9.17) is 0 Å². The minimum Gasteiger partial charge on any atom is -0.258 e. The highest BCUT2D eigenvalue weighted by Crippen LogP contribution is 1.89. The first-order valence-corrected chi connectivity index (χ1v) is 8.08. The molecule has 126 valence electrons. The van der Waals surface area contributed by atoms with Gasteiger partial charge in [0.05, 0.1) is 11.4 Å². The molecule has 0 N–H and O–H groups in total. The lowest BCUT2D eigenvalue weighted by atomic mass is 10.4. The van der Waals surface area contributed by atoms with E-state index in [2.05, 4.69) is 19.9 Å². The normalized spacial score (nSPS) is 7.55. The second kappa shape index (κ2) is 19.2. The summed E-state index contributed by atoms with van der Waals surface area (Å²) in [5, 5.41) is 0. The van der Waals surface area contributed by atoms with Crippen molar-refractivity contribution in [2.45, 2.75) is 69.2 Å². The Labute approximate surface area is 137 Å². The lowest BCUT2D eigenvalue weighted by Crippen LogP contribution is -1.84. The zero-order valence-corrected chi connectivity index (χ0v) is 16.1. The molecule has 0 spiro atoms. The zero-order valence-electron chi connectivity index (χ0n) is 16.1. The molecule has 2 rings (SSSR count). The lowest BCUT2D eigenvalue weighted by Gasteiger charge is -1.88. The largest absolute Gasteiger partial charge is 0.258 e. The van der Waals surface area contributed by atoms with E-state index in [1.165, 1.54) is 0 Å². The molecule has 0 amide bonds. The molecule has 0 radical (unpaired) electrons. The predicted molar refractivity (Wildman–Crippen MR) is 97.1 cm³/mol. The van der Waals surface area contributed by atoms with Gasteiger partial charge in [-0.15, -0.1) is 0 Å². The molecule has 2 aromatic rings. The highest BCUT2D eigenvalue weighted by atomic mass is 14.8. The number of hydrogen-bond acceptors (Lipinski definition) is 4. The molecule has 4 heteroatoms. The van der Waals surface area contributed by atoms with E-state index in [0.717, 1.165) is 22.8 Å². The third-order valence-corrected chi connectivity index (χ3v) is 1.82. The third kappa shape index (κ3) is 16.2. The number of rotatable bonds is 0. The summed E-state index contributed by atoms with van der Waals surface area (Å²) in [5.74, 6) is 0.829. The fourth-order valence-electron chi connectivity index (χ4n) is 0.914. The Hall–Kier alpha value is -1.84. The second-order valence-corrected chi connectivity index (χ2v) is 3.61. The molecule has 0 aliphatic heterocycles. The van der Waals surface area contributed by atoms with Gasteiger partial charge in [0.2, 0.25) is 0 Å².